The predicted octanol–water partition coefficient (Wildman–Crippen LogP) is 2.82. The number of carbonyl (C=O) groups is 2. The number of fused-ring (bicyclic) bond motifs is 1. The van der Waals surface area contributed by atoms with Gasteiger partial charge in [-0.2, -0.15) is 0 Å². The summed E-state index contributed by atoms with van der Waals surface area (Å²) in [7, 11) is 0. The highest BCUT2D eigenvalue weighted by molar-refractivity contribution is 5.91. The van der Waals surface area contributed by atoms with Crippen LogP contribution in [0.3, 0.4) is 0 Å². The van der Waals surface area contributed by atoms with Crippen LogP contribution < -0.4 is 19.7 Å². The highest BCUT2D eigenvalue weighted by Gasteiger charge is 2.13. The molecule has 1 N–H and O–H groups in total. The van der Waals surface area contributed by atoms with Crippen molar-refractivity contribution >= 4 is 17.6 Å². The van der Waals surface area contributed by atoms with Crippen LogP contribution in [0.2, 0.25) is 0 Å². The molecular formula is C23H28N2O5. The van der Waals surface area contributed by atoms with Crippen molar-refractivity contribution in [3.05, 3.63) is 53.6 Å². The van der Waals surface area contributed by atoms with Gasteiger partial charge in [0.15, 0.2) is 18.1 Å². The van der Waals surface area contributed by atoms with Crippen LogP contribution in [-0.2, 0) is 16.0 Å². The van der Waals surface area contributed by atoms with Crippen LogP contribution in [0.25, 0.3) is 0 Å². The first-order chi connectivity index (χ1) is 14.6. The lowest BCUT2D eigenvalue weighted by Crippen LogP contribution is -2.30. The predicted molar refractivity (Wildman–Crippen MR) is 114 cm³/mol. The van der Waals surface area contributed by atoms with Crippen molar-refractivity contribution in [2.45, 2.75) is 20.3 Å². The average Bonchev–Trinajstić information content (AvgIpc) is 2.78. The fraction of sp³-hybridized carbons (Fsp3) is 0.391. The van der Waals surface area contributed by atoms with E-state index in [1.54, 1.807) is 12.1 Å². The van der Waals surface area contributed by atoms with Gasteiger partial charge in [-0.05, 0) is 62.2 Å². The Morgan fingerprint density at radius 1 is 1.00 bits per heavy atom. The Bertz CT molecular complexity index is 862. The number of esters is 1. The van der Waals surface area contributed by atoms with E-state index in [2.05, 4.69) is 24.1 Å². The zero-order chi connectivity index (χ0) is 21.3. The summed E-state index contributed by atoms with van der Waals surface area (Å²) in [6, 6.07) is 12.9. The normalized spacial score (nSPS) is 12.2. The molecule has 1 amide bonds. The molecular weight excluding hydrogens is 384 g/mol. The third-order valence-electron chi connectivity index (χ3n) is 4.91. The van der Waals surface area contributed by atoms with E-state index < -0.39 is 5.97 Å². The SMILES string of the molecule is CCN(CC)c1ccc(C(=O)OCC(=O)NCCc2ccc3c(c2)OCCO3)cc1. The molecule has 1 heterocycles. The van der Waals surface area contributed by atoms with E-state index in [-0.39, 0.29) is 12.5 Å². The first kappa shape index (κ1) is 21.5. The molecule has 160 valence electrons. The van der Waals surface area contributed by atoms with E-state index in [4.69, 9.17) is 14.2 Å². The van der Waals surface area contributed by atoms with Gasteiger partial charge in [0.2, 0.25) is 0 Å². The fourth-order valence-electron chi connectivity index (χ4n) is 3.25. The van der Waals surface area contributed by atoms with E-state index in [9.17, 15) is 9.59 Å². The zero-order valence-corrected chi connectivity index (χ0v) is 17.5. The van der Waals surface area contributed by atoms with Crippen LogP contribution in [0.4, 0.5) is 5.69 Å². The number of nitrogens with one attached hydrogen (secondary N) is 1. The van der Waals surface area contributed by atoms with Gasteiger partial charge in [-0.1, -0.05) is 6.07 Å². The number of anilines is 1. The van der Waals surface area contributed by atoms with Crippen molar-refractivity contribution in [1.82, 2.24) is 5.32 Å². The van der Waals surface area contributed by atoms with Crippen molar-refractivity contribution in [3.8, 4) is 11.5 Å². The summed E-state index contributed by atoms with van der Waals surface area (Å²) in [5.41, 5.74) is 2.51. The van der Waals surface area contributed by atoms with Gasteiger partial charge in [0.05, 0.1) is 5.56 Å². The number of amides is 1. The van der Waals surface area contributed by atoms with Gasteiger partial charge in [0, 0.05) is 25.3 Å². The monoisotopic (exact) mass is 412 g/mol. The van der Waals surface area contributed by atoms with Crippen molar-refractivity contribution in [3.63, 3.8) is 0 Å². The first-order valence-electron chi connectivity index (χ1n) is 10.3. The fourth-order valence-corrected chi connectivity index (χ4v) is 3.25. The van der Waals surface area contributed by atoms with Gasteiger partial charge >= 0.3 is 5.97 Å². The van der Waals surface area contributed by atoms with Crippen molar-refractivity contribution in [2.75, 3.05) is 44.4 Å². The van der Waals surface area contributed by atoms with E-state index in [1.807, 2.05) is 30.3 Å². The minimum atomic E-state index is -0.511. The van der Waals surface area contributed by atoms with E-state index in [1.165, 1.54) is 0 Å². The second kappa shape index (κ2) is 10.5. The van der Waals surface area contributed by atoms with Crippen molar-refractivity contribution < 1.29 is 23.8 Å². The van der Waals surface area contributed by atoms with E-state index in [0.29, 0.717) is 31.7 Å². The minimum Gasteiger partial charge on any atom is -0.486 e. The third kappa shape index (κ3) is 5.65. The lowest BCUT2D eigenvalue weighted by molar-refractivity contribution is -0.124. The molecule has 3 rings (SSSR count). The lowest BCUT2D eigenvalue weighted by atomic mass is 10.1. The number of carbonyl (C=O) groups excluding carboxylic acids is 2. The van der Waals surface area contributed by atoms with Gasteiger partial charge in [-0.15, -0.1) is 0 Å². The summed E-state index contributed by atoms with van der Waals surface area (Å²) in [6.07, 6.45) is 0.642. The second-order valence-corrected chi connectivity index (χ2v) is 6.87. The summed E-state index contributed by atoms with van der Waals surface area (Å²) < 4.78 is 16.2. The lowest BCUT2D eigenvalue weighted by Gasteiger charge is -2.20. The van der Waals surface area contributed by atoms with Crippen molar-refractivity contribution in [1.29, 1.82) is 0 Å². The average molecular weight is 412 g/mol. The number of hydrogen-bond donors (Lipinski definition) is 1. The maximum absolute atomic E-state index is 12.2. The number of nitrogens with zero attached hydrogens (tertiary/aromatic N) is 1. The van der Waals surface area contributed by atoms with Crippen LogP contribution in [0.15, 0.2) is 42.5 Å². The summed E-state index contributed by atoms with van der Waals surface area (Å²) in [6.45, 7) is 7.18. The molecule has 0 unspecified atom stereocenters. The highest BCUT2D eigenvalue weighted by atomic mass is 16.6. The molecule has 0 spiro atoms. The van der Waals surface area contributed by atoms with Gasteiger partial charge in [-0.3, -0.25) is 4.79 Å². The molecule has 0 saturated heterocycles. The Balaban J connectivity index is 1.40. The third-order valence-corrected chi connectivity index (χ3v) is 4.91. The molecule has 7 nitrogen and oxygen atoms in total. The maximum atomic E-state index is 12.2. The van der Waals surface area contributed by atoms with Crippen LogP contribution in [0, 0.1) is 0 Å². The zero-order valence-electron chi connectivity index (χ0n) is 17.5. The Hall–Kier alpha value is -3.22. The molecule has 30 heavy (non-hydrogen) atoms. The quantitative estimate of drug-likeness (QED) is 0.639. The molecule has 2 aromatic rings. The molecule has 7 heteroatoms. The van der Waals surface area contributed by atoms with Crippen LogP contribution >= 0.6 is 0 Å². The Kier molecular flexibility index (Phi) is 7.54. The number of rotatable bonds is 9. The van der Waals surface area contributed by atoms with E-state index >= 15 is 0 Å². The molecule has 2 aromatic carbocycles. The Labute approximate surface area is 176 Å². The number of benzene rings is 2. The molecule has 0 radical (unpaired) electrons. The van der Waals surface area contributed by atoms with Crippen LogP contribution in [-0.4, -0.2) is 51.3 Å². The van der Waals surface area contributed by atoms with Crippen molar-refractivity contribution in [2.24, 2.45) is 0 Å². The first-order valence-corrected chi connectivity index (χ1v) is 10.3. The highest BCUT2D eigenvalue weighted by Crippen LogP contribution is 2.30. The summed E-state index contributed by atoms with van der Waals surface area (Å²) >= 11 is 0. The molecule has 0 fully saturated rings. The molecule has 0 bridgehead atoms. The maximum Gasteiger partial charge on any atom is 0.338 e. The standard InChI is InChI=1S/C23H28N2O5/c1-3-25(4-2)19-8-6-18(7-9-19)23(27)30-16-22(26)24-12-11-17-5-10-20-21(15-17)29-14-13-28-20/h5-10,15H,3-4,11-14,16H2,1-2H3,(H,24,26). The topological polar surface area (TPSA) is 77.1 Å². The van der Waals surface area contributed by atoms with Gasteiger partial charge in [0.1, 0.15) is 13.2 Å². The minimum absolute atomic E-state index is 0.308. The van der Waals surface area contributed by atoms with E-state index in [0.717, 1.165) is 35.8 Å². The Morgan fingerprint density at radius 3 is 2.40 bits per heavy atom. The molecule has 0 atom stereocenters. The van der Waals surface area contributed by atoms with Crippen LogP contribution in [0.1, 0.15) is 29.8 Å². The largest absolute Gasteiger partial charge is 0.486 e. The number of hydrogen-bond acceptors (Lipinski definition) is 6. The Morgan fingerprint density at radius 2 is 1.70 bits per heavy atom. The summed E-state index contributed by atoms with van der Waals surface area (Å²) in [5, 5.41) is 2.76. The summed E-state index contributed by atoms with van der Waals surface area (Å²) in [4.78, 5) is 26.3. The van der Waals surface area contributed by atoms with Gasteiger partial charge in [0.25, 0.3) is 5.91 Å². The molecule has 0 aromatic heterocycles. The van der Waals surface area contributed by atoms with Gasteiger partial charge in [-0.25, -0.2) is 4.79 Å². The molecule has 0 aliphatic carbocycles. The van der Waals surface area contributed by atoms with Crippen LogP contribution in [0.5, 0.6) is 11.5 Å². The summed E-state index contributed by atoms with van der Waals surface area (Å²) in [5.74, 6) is 0.626. The second-order valence-electron chi connectivity index (χ2n) is 6.87. The number of ether oxygens (including phenoxy) is 3. The molecule has 0 saturated carbocycles. The smallest absolute Gasteiger partial charge is 0.338 e. The molecule has 1 aliphatic rings. The van der Waals surface area contributed by atoms with Gasteiger partial charge < -0.3 is 24.4 Å². The molecule has 1 aliphatic heterocycles.